The van der Waals surface area contributed by atoms with E-state index in [1.807, 2.05) is 24.3 Å². The van der Waals surface area contributed by atoms with E-state index >= 15 is 0 Å². The summed E-state index contributed by atoms with van der Waals surface area (Å²) in [5.41, 5.74) is 2.17. The summed E-state index contributed by atoms with van der Waals surface area (Å²) < 4.78 is 0. The van der Waals surface area contributed by atoms with Gasteiger partial charge in [-0.3, -0.25) is 9.59 Å². The molecule has 4 nitrogen and oxygen atoms in total. The fourth-order valence-corrected chi connectivity index (χ4v) is 1.72. The quantitative estimate of drug-likeness (QED) is 0.807. The van der Waals surface area contributed by atoms with Crippen LogP contribution in [0.3, 0.4) is 0 Å². The first-order valence-electron chi connectivity index (χ1n) is 6.10. The van der Waals surface area contributed by atoms with Crippen molar-refractivity contribution in [1.82, 2.24) is 5.32 Å². The maximum atomic E-state index is 11.7. The second kappa shape index (κ2) is 6.79. The van der Waals surface area contributed by atoms with E-state index in [-0.39, 0.29) is 24.8 Å². The highest BCUT2D eigenvalue weighted by Gasteiger charge is 2.11. The van der Waals surface area contributed by atoms with Gasteiger partial charge in [0.1, 0.15) is 0 Å². The predicted octanol–water partition coefficient (Wildman–Crippen LogP) is 1.77. The number of nitrogens with one attached hydrogen (secondary N) is 1. The number of hydrogen-bond acceptors (Lipinski definition) is 2. The van der Waals surface area contributed by atoms with Crippen LogP contribution in [0.2, 0.25) is 0 Å². The van der Waals surface area contributed by atoms with Crippen LogP contribution in [0, 0.1) is 0 Å². The molecule has 0 saturated heterocycles. The second-order valence-corrected chi connectivity index (χ2v) is 4.41. The Kier molecular flexibility index (Phi) is 5.36. The van der Waals surface area contributed by atoms with Crippen molar-refractivity contribution in [2.45, 2.75) is 39.2 Å². The summed E-state index contributed by atoms with van der Waals surface area (Å²) in [7, 11) is 0. The number of hydrogen-bond donors (Lipinski definition) is 2. The fourth-order valence-electron chi connectivity index (χ4n) is 1.72. The van der Waals surface area contributed by atoms with Crippen molar-refractivity contribution in [3.63, 3.8) is 0 Å². The first-order valence-corrected chi connectivity index (χ1v) is 6.10. The molecule has 1 amide bonds. The maximum absolute atomic E-state index is 11.7. The van der Waals surface area contributed by atoms with Crippen LogP contribution in [-0.4, -0.2) is 23.0 Å². The summed E-state index contributed by atoms with van der Waals surface area (Å²) in [5.74, 6) is -1.05. The Balaban J connectivity index is 2.46. The third kappa shape index (κ3) is 4.99. The molecule has 0 aliphatic carbocycles. The third-order valence-corrected chi connectivity index (χ3v) is 2.68. The molecule has 1 rings (SSSR count). The van der Waals surface area contributed by atoms with Crippen LogP contribution >= 0.6 is 0 Å². The molecule has 98 valence electrons. The van der Waals surface area contributed by atoms with Gasteiger partial charge in [0.25, 0.3) is 0 Å². The van der Waals surface area contributed by atoms with Gasteiger partial charge < -0.3 is 10.4 Å². The molecule has 18 heavy (non-hydrogen) atoms. The Morgan fingerprint density at radius 2 is 1.78 bits per heavy atom. The average molecular weight is 249 g/mol. The number of carboxylic acid groups (broad SMARTS) is 1. The molecule has 0 spiro atoms. The van der Waals surface area contributed by atoms with E-state index in [0.29, 0.717) is 0 Å². The van der Waals surface area contributed by atoms with E-state index in [1.165, 1.54) is 5.56 Å². The summed E-state index contributed by atoms with van der Waals surface area (Å²) in [6, 6.07) is 7.53. The highest BCUT2D eigenvalue weighted by molar-refractivity contribution is 5.79. The van der Waals surface area contributed by atoms with E-state index < -0.39 is 5.97 Å². The van der Waals surface area contributed by atoms with Gasteiger partial charge in [-0.2, -0.15) is 0 Å². The first kappa shape index (κ1) is 14.2. The lowest BCUT2D eigenvalue weighted by Gasteiger charge is -2.11. The van der Waals surface area contributed by atoms with Gasteiger partial charge in [-0.05, 0) is 24.5 Å². The molecule has 0 aliphatic heterocycles. The van der Waals surface area contributed by atoms with Crippen molar-refractivity contribution in [3.8, 4) is 0 Å². The highest BCUT2D eigenvalue weighted by Crippen LogP contribution is 2.06. The molecule has 0 fully saturated rings. The van der Waals surface area contributed by atoms with Gasteiger partial charge in [0.2, 0.25) is 5.91 Å². The van der Waals surface area contributed by atoms with Gasteiger partial charge in [-0.25, -0.2) is 0 Å². The minimum absolute atomic E-state index is 0.0550. The van der Waals surface area contributed by atoms with Gasteiger partial charge in [0.05, 0.1) is 12.8 Å². The number of carboxylic acids is 1. The van der Waals surface area contributed by atoms with Crippen LogP contribution in [0.5, 0.6) is 0 Å². The molecule has 2 N–H and O–H groups in total. The molecule has 0 aliphatic rings. The van der Waals surface area contributed by atoms with Crippen molar-refractivity contribution in [2.24, 2.45) is 0 Å². The summed E-state index contributed by atoms with van der Waals surface area (Å²) in [4.78, 5) is 22.1. The van der Waals surface area contributed by atoms with Gasteiger partial charge >= 0.3 is 5.97 Å². The monoisotopic (exact) mass is 249 g/mol. The normalized spacial score (nSPS) is 11.9. The predicted molar refractivity (Wildman–Crippen MR) is 69.4 cm³/mol. The summed E-state index contributed by atoms with van der Waals surface area (Å²) >= 11 is 0. The molecular weight excluding hydrogens is 230 g/mol. The first-order chi connectivity index (χ1) is 8.51. The molecule has 0 radical (unpaired) electrons. The second-order valence-electron chi connectivity index (χ2n) is 4.41. The summed E-state index contributed by atoms with van der Waals surface area (Å²) in [5, 5.41) is 11.3. The highest BCUT2D eigenvalue weighted by atomic mass is 16.4. The molecule has 1 aromatic carbocycles. The van der Waals surface area contributed by atoms with Crippen LogP contribution in [0.4, 0.5) is 0 Å². The van der Waals surface area contributed by atoms with E-state index in [0.717, 1.165) is 12.0 Å². The Morgan fingerprint density at radius 1 is 1.22 bits per heavy atom. The van der Waals surface area contributed by atoms with Crippen molar-refractivity contribution in [3.05, 3.63) is 35.4 Å². The number of benzene rings is 1. The number of aliphatic carboxylic acids is 1. The van der Waals surface area contributed by atoms with E-state index in [4.69, 9.17) is 5.11 Å². The van der Waals surface area contributed by atoms with E-state index in [1.54, 1.807) is 6.92 Å². The number of rotatable bonds is 6. The number of carbonyl (C=O) groups is 2. The lowest BCUT2D eigenvalue weighted by atomic mass is 10.1. The summed E-state index contributed by atoms with van der Waals surface area (Å²) in [6.45, 7) is 3.77. The fraction of sp³-hybridized carbons (Fsp3) is 0.429. The molecule has 0 saturated carbocycles. The van der Waals surface area contributed by atoms with Gasteiger partial charge in [0.15, 0.2) is 0 Å². The topological polar surface area (TPSA) is 66.4 Å². The number of amides is 1. The van der Waals surface area contributed by atoms with Crippen LogP contribution in [-0.2, 0) is 22.4 Å². The zero-order valence-electron chi connectivity index (χ0n) is 10.8. The summed E-state index contributed by atoms with van der Waals surface area (Å²) in [6.07, 6.45) is 1.20. The van der Waals surface area contributed by atoms with Crippen molar-refractivity contribution in [1.29, 1.82) is 0 Å². The van der Waals surface area contributed by atoms with Crippen molar-refractivity contribution in [2.75, 3.05) is 0 Å². The smallest absolute Gasteiger partial charge is 0.305 e. The third-order valence-electron chi connectivity index (χ3n) is 2.68. The Labute approximate surface area is 107 Å². The standard InChI is InChI=1S/C14H19NO3/c1-3-11-4-6-12(7-5-11)9-13(16)15-10(2)8-14(17)18/h4-7,10H,3,8-9H2,1-2H3,(H,15,16)(H,17,18). The Hall–Kier alpha value is -1.84. The molecule has 0 aromatic heterocycles. The van der Waals surface area contributed by atoms with Crippen LogP contribution in [0.1, 0.15) is 31.4 Å². The van der Waals surface area contributed by atoms with Crippen molar-refractivity contribution < 1.29 is 14.7 Å². The molecule has 1 unspecified atom stereocenters. The molecule has 4 heteroatoms. The van der Waals surface area contributed by atoms with Gasteiger partial charge in [-0.1, -0.05) is 31.2 Å². The molecular formula is C14H19NO3. The van der Waals surface area contributed by atoms with Crippen molar-refractivity contribution >= 4 is 11.9 Å². The van der Waals surface area contributed by atoms with Gasteiger partial charge in [0, 0.05) is 6.04 Å². The molecule has 0 bridgehead atoms. The number of carbonyl (C=O) groups excluding carboxylic acids is 1. The lowest BCUT2D eigenvalue weighted by Crippen LogP contribution is -2.35. The minimum Gasteiger partial charge on any atom is -0.481 e. The average Bonchev–Trinajstić information content (AvgIpc) is 2.28. The SMILES string of the molecule is CCc1ccc(CC(=O)NC(C)CC(=O)O)cc1. The van der Waals surface area contributed by atoms with Crippen LogP contribution < -0.4 is 5.32 Å². The largest absolute Gasteiger partial charge is 0.481 e. The lowest BCUT2D eigenvalue weighted by molar-refractivity contribution is -0.137. The zero-order valence-corrected chi connectivity index (χ0v) is 10.8. The van der Waals surface area contributed by atoms with E-state index in [2.05, 4.69) is 12.2 Å². The minimum atomic E-state index is -0.907. The Bertz CT molecular complexity index is 412. The maximum Gasteiger partial charge on any atom is 0.305 e. The number of aryl methyl sites for hydroxylation is 1. The van der Waals surface area contributed by atoms with E-state index in [9.17, 15) is 9.59 Å². The van der Waals surface area contributed by atoms with Gasteiger partial charge in [-0.15, -0.1) is 0 Å². The molecule has 1 aromatic rings. The molecule has 0 heterocycles. The molecule has 1 atom stereocenters. The van der Waals surface area contributed by atoms with Crippen LogP contribution in [0.25, 0.3) is 0 Å². The Morgan fingerprint density at radius 3 is 2.28 bits per heavy atom. The zero-order chi connectivity index (χ0) is 13.5. The van der Waals surface area contributed by atoms with Crippen LogP contribution in [0.15, 0.2) is 24.3 Å².